The normalized spacial score (nSPS) is 17.7. The largest absolute Gasteiger partial charge is 0.315 e. The Bertz CT molecular complexity index is 617. The molecule has 1 aliphatic rings. The second-order valence-corrected chi connectivity index (χ2v) is 6.06. The van der Waals surface area contributed by atoms with Crippen LogP contribution in [0.4, 0.5) is 0 Å². The van der Waals surface area contributed by atoms with E-state index >= 15 is 0 Å². The van der Waals surface area contributed by atoms with Gasteiger partial charge in [0, 0.05) is 37.9 Å². The lowest BCUT2D eigenvalue weighted by Gasteiger charge is -2.25. The molecule has 1 aromatic carbocycles. The number of aryl methyl sites for hydroxylation is 2. The zero-order chi connectivity index (χ0) is 14.8. The Morgan fingerprint density at radius 3 is 2.82 bits per heavy atom. The van der Waals surface area contributed by atoms with Crippen molar-refractivity contribution in [3.63, 3.8) is 0 Å². The fourth-order valence-corrected chi connectivity index (χ4v) is 3.12. The van der Waals surface area contributed by atoms with Crippen molar-refractivity contribution in [1.29, 1.82) is 0 Å². The van der Waals surface area contributed by atoms with Gasteiger partial charge in [0.1, 0.15) is 0 Å². The average molecular weight is 321 g/mol. The van der Waals surface area contributed by atoms with Gasteiger partial charge < -0.3 is 5.32 Å². The van der Waals surface area contributed by atoms with E-state index in [4.69, 9.17) is 0 Å². The number of benzene rings is 1. The number of aromatic nitrogens is 2. The van der Waals surface area contributed by atoms with Crippen molar-refractivity contribution in [3.05, 3.63) is 41.6 Å². The second kappa shape index (κ2) is 7.27. The smallest absolute Gasteiger partial charge is 0.0682 e. The Morgan fingerprint density at radius 1 is 1.36 bits per heavy atom. The second-order valence-electron chi connectivity index (χ2n) is 6.06. The summed E-state index contributed by atoms with van der Waals surface area (Å²) in [6, 6.07) is 9.47. The molecule has 0 spiro atoms. The molecule has 0 radical (unpaired) electrons. The van der Waals surface area contributed by atoms with Crippen LogP contribution in [0.15, 0.2) is 30.5 Å². The number of rotatable bonds is 4. The van der Waals surface area contributed by atoms with E-state index in [0.717, 1.165) is 19.6 Å². The summed E-state index contributed by atoms with van der Waals surface area (Å²) in [7, 11) is 4.23. The molecule has 1 saturated heterocycles. The summed E-state index contributed by atoms with van der Waals surface area (Å²) in [5.41, 5.74) is 5.15. The lowest BCUT2D eigenvalue weighted by molar-refractivity contribution is 0.249. The molecule has 5 heteroatoms. The van der Waals surface area contributed by atoms with Gasteiger partial charge in [-0.15, -0.1) is 12.4 Å². The molecule has 22 heavy (non-hydrogen) atoms. The van der Waals surface area contributed by atoms with Crippen LogP contribution < -0.4 is 5.32 Å². The third-order valence-electron chi connectivity index (χ3n) is 4.44. The van der Waals surface area contributed by atoms with E-state index in [2.05, 4.69) is 53.6 Å². The Morgan fingerprint density at radius 2 is 2.18 bits per heavy atom. The molecule has 0 saturated carbocycles. The number of nitrogens with one attached hydrogen (secondary N) is 1. The van der Waals surface area contributed by atoms with Gasteiger partial charge in [-0.3, -0.25) is 9.58 Å². The van der Waals surface area contributed by atoms with E-state index in [1.165, 1.54) is 28.8 Å². The molecule has 3 rings (SSSR count). The fourth-order valence-electron chi connectivity index (χ4n) is 3.12. The molecule has 1 aromatic heterocycles. The topological polar surface area (TPSA) is 33.1 Å². The molecule has 120 valence electrons. The van der Waals surface area contributed by atoms with Gasteiger partial charge in [-0.1, -0.05) is 17.7 Å². The molecule has 1 unspecified atom stereocenters. The van der Waals surface area contributed by atoms with Gasteiger partial charge in [-0.25, -0.2) is 0 Å². The zero-order valence-electron chi connectivity index (χ0n) is 13.5. The Kier molecular flexibility index (Phi) is 5.62. The maximum absolute atomic E-state index is 4.31. The molecule has 1 N–H and O–H groups in total. The van der Waals surface area contributed by atoms with Gasteiger partial charge in [-0.2, -0.15) is 5.10 Å². The van der Waals surface area contributed by atoms with Crippen LogP contribution >= 0.6 is 12.4 Å². The van der Waals surface area contributed by atoms with Crippen LogP contribution in [0.3, 0.4) is 0 Å². The molecule has 2 aromatic rings. The summed E-state index contributed by atoms with van der Waals surface area (Å²) < 4.78 is 1.95. The molecule has 1 fully saturated rings. The molecule has 0 amide bonds. The van der Waals surface area contributed by atoms with E-state index in [0.29, 0.717) is 6.04 Å². The molecule has 1 atom stereocenters. The summed E-state index contributed by atoms with van der Waals surface area (Å²) in [6.07, 6.45) is 3.11. The standard InChI is InChI=1S/C17H24N4.ClH/c1-13-4-5-14(12-20(2)15-6-8-18-11-15)16(10-13)17-7-9-19-21(17)3;/h4-5,7,9-10,15,18H,6,8,11-12H2,1-3H3;1H. The van der Waals surface area contributed by atoms with Gasteiger partial charge in [0.2, 0.25) is 0 Å². The minimum Gasteiger partial charge on any atom is -0.315 e. The molecule has 1 aliphatic heterocycles. The van der Waals surface area contributed by atoms with Crippen LogP contribution in [0.5, 0.6) is 0 Å². The minimum atomic E-state index is 0. The molecule has 0 aliphatic carbocycles. The van der Waals surface area contributed by atoms with Crippen LogP contribution in [-0.4, -0.2) is 40.9 Å². The first kappa shape index (κ1) is 17.0. The summed E-state index contributed by atoms with van der Waals surface area (Å²) in [6.45, 7) is 5.36. The maximum atomic E-state index is 4.31. The summed E-state index contributed by atoms with van der Waals surface area (Å²) in [5.74, 6) is 0. The summed E-state index contributed by atoms with van der Waals surface area (Å²) in [5, 5.41) is 7.76. The zero-order valence-corrected chi connectivity index (χ0v) is 14.4. The monoisotopic (exact) mass is 320 g/mol. The predicted molar refractivity (Wildman–Crippen MR) is 93.4 cm³/mol. The van der Waals surface area contributed by atoms with Gasteiger partial charge in [0.25, 0.3) is 0 Å². The van der Waals surface area contributed by atoms with E-state index in [1.807, 2.05) is 17.9 Å². The highest BCUT2D eigenvalue weighted by molar-refractivity contribution is 5.85. The van der Waals surface area contributed by atoms with Crippen molar-refractivity contribution in [2.75, 3.05) is 20.1 Å². The fraction of sp³-hybridized carbons (Fsp3) is 0.471. The van der Waals surface area contributed by atoms with Crippen molar-refractivity contribution in [3.8, 4) is 11.3 Å². The van der Waals surface area contributed by atoms with E-state index < -0.39 is 0 Å². The number of likely N-dealkylation sites (N-methyl/N-ethyl adjacent to an activating group) is 1. The van der Waals surface area contributed by atoms with Crippen LogP contribution in [0, 0.1) is 6.92 Å². The number of hydrogen-bond donors (Lipinski definition) is 1. The predicted octanol–water partition coefficient (Wildman–Crippen LogP) is 2.61. The van der Waals surface area contributed by atoms with Gasteiger partial charge in [0.15, 0.2) is 0 Å². The van der Waals surface area contributed by atoms with Gasteiger partial charge in [0.05, 0.1) is 5.69 Å². The van der Waals surface area contributed by atoms with Crippen molar-refractivity contribution < 1.29 is 0 Å². The van der Waals surface area contributed by atoms with E-state index in [-0.39, 0.29) is 12.4 Å². The highest BCUT2D eigenvalue weighted by atomic mass is 35.5. The molecule has 2 heterocycles. The van der Waals surface area contributed by atoms with Crippen molar-refractivity contribution in [2.45, 2.75) is 25.9 Å². The average Bonchev–Trinajstić information content (AvgIpc) is 3.12. The van der Waals surface area contributed by atoms with E-state index in [9.17, 15) is 0 Å². The number of nitrogens with zero attached hydrogens (tertiary/aromatic N) is 3. The Labute approximate surface area is 138 Å². The SMILES string of the molecule is Cc1ccc(CN(C)C2CCNC2)c(-c2ccnn2C)c1.Cl. The van der Waals surface area contributed by atoms with E-state index in [1.54, 1.807) is 0 Å². The lowest BCUT2D eigenvalue weighted by Crippen LogP contribution is -2.33. The summed E-state index contributed by atoms with van der Waals surface area (Å²) >= 11 is 0. The highest BCUT2D eigenvalue weighted by Crippen LogP contribution is 2.26. The summed E-state index contributed by atoms with van der Waals surface area (Å²) in [4.78, 5) is 2.46. The van der Waals surface area contributed by atoms with Crippen LogP contribution in [0.1, 0.15) is 17.5 Å². The van der Waals surface area contributed by atoms with Crippen molar-refractivity contribution in [2.24, 2.45) is 7.05 Å². The van der Waals surface area contributed by atoms with Crippen molar-refractivity contribution in [1.82, 2.24) is 20.0 Å². The maximum Gasteiger partial charge on any atom is 0.0682 e. The lowest BCUT2D eigenvalue weighted by atomic mass is 10.0. The quantitative estimate of drug-likeness (QED) is 0.940. The molecule has 4 nitrogen and oxygen atoms in total. The first-order valence-electron chi connectivity index (χ1n) is 7.64. The third-order valence-corrected chi connectivity index (χ3v) is 4.44. The van der Waals surface area contributed by atoms with Gasteiger partial charge >= 0.3 is 0 Å². The van der Waals surface area contributed by atoms with Crippen LogP contribution in [-0.2, 0) is 13.6 Å². The van der Waals surface area contributed by atoms with Crippen LogP contribution in [0.25, 0.3) is 11.3 Å². The first-order chi connectivity index (χ1) is 10.1. The minimum absolute atomic E-state index is 0. The third kappa shape index (κ3) is 3.51. The first-order valence-corrected chi connectivity index (χ1v) is 7.64. The number of hydrogen-bond acceptors (Lipinski definition) is 3. The van der Waals surface area contributed by atoms with Crippen molar-refractivity contribution >= 4 is 12.4 Å². The molecular weight excluding hydrogens is 296 g/mol. The molecule has 0 bridgehead atoms. The number of halogens is 1. The Balaban J connectivity index is 0.00000176. The van der Waals surface area contributed by atoms with Gasteiger partial charge in [-0.05, 0) is 44.6 Å². The Hall–Kier alpha value is -1.36. The van der Waals surface area contributed by atoms with Crippen LogP contribution in [0.2, 0.25) is 0 Å². The highest BCUT2D eigenvalue weighted by Gasteiger charge is 2.20. The molecular formula is C17H25ClN4.